The molecule has 2 aromatic rings. The van der Waals surface area contributed by atoms with E-state index in [4.69, 9.17) is 0 Å². The van der Waals surface area contributed by atoms with Gasteiger partial charge in [-0.05, 0) is 25.1 Å². The molecule has 2 rings (SSSR count). The zero-order valence-electron chi connectivity index (χ0n) is 8.50. The molecule has 0 bridgehead atoms. The molecule has 0 unspecified atom stereocenters. The monoisotopic (exact) mass is 257 g/mol. The summed E-state index contributed by atoms with van der Waals surface area (Å²) in [6.07, 6.45) is 0. The lowest BCUT2D eigenvalue weighted by Gasteiger charge is -1.96. The van der Waals surface area contributed by atoms with Crippen molar-refractivity contribution in [3.05, 3.63) is 40.4 Å². The van der Waals surface area contributed by atoms with Gasteiger partial charge in [-0.25, -0.2) is 13.8 Å². The van der Waals surface area contributed by atoms with Gasteiger partial charge in [-0.2, -0.15) is 12.6 Å². The third-order valence-corrected chi connectivity index (χ3v) is 3.94. The van der Waals surface area contributed by atoms with Gasteiger partial charge in [-0.1, -0.05) is 0 Å². The zero-order valence-corrected chi connectivity index (χ0v) is 10.2. The molecule has 1 heterocycles. The standard InChI is InChI=1S/C11H9F2NS2/c1-6-10(5-15)16-11(14-6)7-2-3-8(12)9(13)4-7/h2-4,15H,5H2,1H3. The van der Waals surface area contributed by atoms with Gasteiger partial charge in [0, 0.05) is 16.2 Å². The molecule has 0 aliphatic carbocycles. The second-order valence-corrected chi connectivity index (χ2v) is 4.71. The molecule has 0 radical (unpaired) electrons. The van der Waals surface area contributed by atoms with Crippen molar-refractivity contribution in [2.45, 2.75) is 12.7 Å². The second-order valence-electron chi connectivity index (χ2n) is 3.31. The molecule has 0 aliphatic heterocycles. The van der Waals surface area contributed by atoms with Gasteiger partial charge in [-0.15, -0.1) is 11.3 Å². The van der Waals surface area contributed by atoms with Crippen LogP contribution in [0.1, 0.15) is 10.6 Å². The highest BCUT2D eigenvalue weighted by molar-refractivity contribution is 7.79. The lowest BCUT2D eigenvalue weighted by molar-refractivity contribution is 0.509. The summed E-state index contributed by atoms with van der Waals surface area (Å²) in [6, 6.07) is 3.80. The summed E-state index contributed by atoms with van der Waals surface area (Å²) in [6.45, 7) is 1.88. The molecule has 16 heavy (non-hydrogen) atoms. The van der Waals surface area contributed by atoms with Crippen LogP contribution in [0, 0.1) is 18.6 Å². The van der Waals surface area contributed by atoms with Crippen LogP contribution in [0.3, 0.4) is 0 Å². The quantitative estimate of drug-likeness (QED) is 0.807. The predicted octanol–water partition coefficient (Wildman–Crippen LogP) is 3.83. The number of thiol groups is 1. The normalized spacial score (nSPS) is 10.8. The average molecular weight is 257 g/mol. The minimum Gasteiger partial charge on any atom is -0.241 e. The van der Waals surface area contributed by atoms with Crippen molar-refractivity contribution in [2.24, 2.45) is 0 Å². The number of halogens is 2. The van der Waals surface area contributed by atoms with Crippen LogP contribution in [0.25, 0.3) is 10.6 Å². The maximum Gasteiger partial charge on any atom is 0.159 e. The van der Waals surface area contributed by atoms with Gasteiger partial charge < -0.3 is 0 Å². The molecule has 0 saturated heterocycles. The molecule has 5 heteroatoms. The van der Waals surface area contributed by atoms with Crippen molar-refractivity contribution in [3.63, 3.8) is 0 Å². The fourth-order valence-corrected chi connectivity index (χ4v) is 2.67. The molecule has 0 spiro atoms. The summed E-state index contributed by atoms with van der Waals surface area (Å²) in [5.41, 5.74) is 1.49. The molecule has 0 aliphatic rings. The Kier molecular flexibility index (Phi) is 3.25. The highest BCUT2D eigenvalue weighted by Crippen LogP contribution is 2.29. The number of hydrogen-bond acceptors (Lipinski definition) is 3. The fourth-order valence-electron chi connectivity index (χ4n) is 1.33. The van der Waals surface area contributed by atoms with Crippen LogP contribution in [-0.4, -0.2) is 4.98 Å². The van der Waals surface area contributed by atoms with Gasteiger partial charge in [0.15, 0.2) is 11.6 Å². The van der Waals surface area contributed by atoms with Crippen LogP contribution in [0.5, 0.6) is 0 Å². The van der Waals surface area contributed by atoms with Crippen LogP contribution >= 0.6 is 24.0 Å². The van der Waals surface area contributed by atoms with E-state index in [2.05, 4.69) is 17.6 Å². The first-order valence-corrected chi connectivity index (χ1v) is 6.09. The topological polar surface area (TPSA) is 12.9 Å². The van der Waals surface area contributed by atoms with Crippen LogP contribution in [0.4, 0.5) is 8.78 Å². The van der Waals surface area contributed by atoms with Crippen LogP contribution in [0.15, 0.2) is 18.2 Å². The van der Waals surface area contributed by atoms with Gasteiger partial charge in [0.25, 0.3) is 0 Å². The number of rotatable bonds is 2. The Morgan fingerprint density at radius 1 is 1.31 bits per heavy atom. The van der Waals surface area contributed by atoms with E-state index in [0.717, 1.165) is 22.7 Å². The lowest BCUT2D eigenvalue weighted by Crippen LogP contribution is -1.84. The Hall–Kier alpha value is -0.940. The number of thiazole rings is 1. The van der Waals surface area contributed by atoms with Gasteiger partial charge in [-0.3, -0.25) is 0 Å². The Morgan fingerprint density at radius 3 is 2.62 bits per heavy atom. The van der Waals surface area contributed by atoms with Crippen LogP contribution < -0.4 is 0 Å². The van der Waals surface area contributed by atoms with Crippen molar-refractivity contribution in [3.8, 4) is 10.6 Å². The summed E-state index contributed by atoms with van der Waals surface area (Å²) in [7, 11) is 0. The molecule has 1 aromatic carbocycles. The SMILES string of the molecule is Cc1nc(-c2ccc(F)c(F)c2)sc1CS. The smallest absolute Gasteiger partial charge is 0.159 e. The van der Waals surface area contributed by atoms with Gasteiger partial charge in [0.2, 0.25) is 0 Å². The molecule has 84 valence electrons. The molecule has 0 N–H and O–H groups in total. The Balaban J connectivity index is 2.46. The minimum absolute atomic E-state index is 0.597. The number of hydrogen-bond donors (Lipinski definition) is 1. The molecule has 0 amide bonds. The summed E-state index contributed by atoms with van der Waals surface area (Å²) < 4.78 is 25.8. The van der Waals surface area contributed by atoms with Crippen LogP contribution in [-0.2, 0) is 5.75 Å². The first-order chi connectivity index (χ1) is 7.61. The van der Waals surface area contributed by atoms with Crippen LogP contribution in [0.2, 0.25) is 0 Å². The van der Waals surface area contributed by atoms with Gasteiger partial charge >= 0.3 is 0 Å². The Labute approximate surface area is 102 Å². The average Bonchev–Trinajstić information content (AvgIpc) is 2.64. The summed E-state index contributed by atoms with van der Waals surface area (Å²) in [4.78, 5) is 5.35. The first kappa shape index (κ1) is 11.5. The van der Waals surface area contributed by atoms with E-state index in [1.807, 2.05) is 6.92 Å². The van der Waals surface area contributed by atoms with Crippen molar-refractivity contribution in [2.75, 3.05) is 0 Å². The number of nitrogens with zero attached hydrogens (tertiary/aromatic N) is 1. The summed E-state index contributed by atoms with van der Waals surface area (Å²) in [5, 5.41) is 0.695. The van der Waals surface area contributed by atoms with E-state index in [0.29, 0.717) is 16.3 Å². The largest absolute Gasteiger partial charge is 0.241 e. The van der Waals surface area contributed by atoms with E-state index < -0.39 is 11.6 Å². The molecular weight excluding hydrogens is 248 g/mol. The van der Waals surface area contributed by atoms with Gasteiger partial charge in [0.05, 0.1) is 5.69 Å². The van der Waals surface area contributed by atoms with E-state index in [1.165, 1.54) is 17.4 Å². The predicted molar refractivity (Wildman–Crippen MR) is 64.9 cm³/mol. The maximum atomic E-state index is 13.0. The number of aromatic nitrogens is 1. The fraction of sp³-hybridized carbons (Fsp3) is 0.182. The van der Waals surface area contributed by atoms with E-state index >= 15 is 0 Å². The Morgan fingerprint density at radius 2 is 2.06 bits per heavy atom. The van der Waals surface area contributed by atoms with Gasteiger partial charge in [0.1, 0.15) is 5.01 Å². The van der Waals surface area contributed by atoms with Crippen molar-refractivity contribution in [1.82, 2.24) is 4.98 Å². The highest BCUT2D eigenvalue weighted by atomic mass is 32.1. The molecule has 1 aromatic heterocycles. The third kappa shape index (κ3) is 2.10. The zero-order chi connectivity index (χ0) is 11.7. The molecule has 1 nitrogen and oxygen atoms in total. The highest BCUT2D eigenvalue weighted by Gasteiger charge is 2.10. The molecule has 0 fully saturated rings. The summed E-state index contributed by atoms with van der Waals surface area (Å²) in [5.74, 6) is -1.09. The molecular formula is C11H9F2NS2. The molecule has 0 saturated carbocycles. The van der Waals surface area contributed by atoms with Crippen molar-refractivity contribution >= 4 is 24.0 Å². The first-order valence-electron chi connectivity index (χ1n) is 4.64. The van der Waals surface area contributed by atoms with E-state index in [1.54, 1.807) is 0 Å². The van der Waals surface area contributed by atoms with Crippen molar-refractivity contribution in [1.29, 1.82) is 0 Å². The third-order valence-electron chi connectivity index (χ3n) is 2.20. The van der Waals surface area contributed by atoms with E-state index in [-0.39, 0.29) is 0 Å². The number of aryl methyl sites for hydroxylation is 1. The minimum atomic E-state index is -0.849. The molecule has 0 atom stereocenters. The van der Waals surface area contributed by atoms with Crippen molar-refractivity contribution < 1.29 is 8.78 Å². The number of benzene rings is 1. The maximum absolute atomic E-state index is 13.0. The lowest BCUT2D eigenvalue weighted by atomic mass is 10.2. The second kappa shape index (κ2) is 4.51. The Bertz CT molecular complexity index is 523. The summed E-state index contributed by atoms with van der Waals surface area (Å²) >= 11 is 5.63. The van der Waals surface area contributed by atoms with E-state index in [9.17, 15) is 8.78 Å².